The zero-order chi connectivity index (χ0) is 43.9. The second kappa shape index (κ2) is 23.1. The van der Waals surface area contributed by atoms with Gasteiger partial charge < -0.3 is 50.8 Å². The number of ether oxygens (including phenoxy) is 2. The summed E-state index contributed by atoms with van der Waals surface area (Å²) in [5.74, 6) is 0.739. The van der Waals surface area contributed by atoms with E-state index in [9.17, 15) is 24.6 Å². The van der Waals surface area contributed by atoms with Crippen molar-refractivity contribution in [2.75, 3.05) is 130 Å². The number of nitrogen functional groups attached to an aromatic ring is 2. The SMILES string of the molecule is Nc1nc(N)c(C(=O)N[C@H]2CCC[N+](CCCc3ccc(OCC(=O)N4CCN(CCO)CC4)cc3)(CCCc3ccc(OCC(=O)N4CCN(CCO)CC4)cc3)C2)nc1Cl. The summed E-state index contributed by atoms with van der Waals surface area (Å²) in [6.07, 6.45) is 5.40. The number of hydrogen-bond donors (Lipinski definition) is 5. The number of β-amino-alcohol motifs (C(OH)–C–C–N with tert-alkyl or cyclic N) is 2. The van der Waals surface area contributed by atoms with Crippen LogP contribution in [0, 0.1) is 0 Å². The lowest BCUT2D eigenvalue weighted by Gasteiger charge is -2.45. The van der Waals surface area contributed by atoms with E-state index < -0.39 is 5.91 Å². The molecule has 4 heterocycles. The quantitative estimate of drug-likeness (QED) is 0.102. The summed E-state index contributed by atoms with van der Waals surface area (Å²) in [6.45, 7) is 10.6. The summed E-state index contributed by atoms with van der Waals surface area (Å²) in [5.41, 5.74) is 14.1. The van der Waals surface area contributed by atoms with E-state index >= 15 is 0 Å². The fourth-order valence-electron chi connectivity index (χ4n) is 8.76. The molecule has 2 aromatic carbocycles. The molecular formula is C44H64ClN10O7+. The highest BCUT2D eigenvalue weighted by Gasteiger charge is 2.36. The van der Waals surface area contributed by atoms with Crippen LogP contribution < -0.4 is 26.3 Å². The molecule has 3 fully saturated rings. The number of aliphatic hydroxyl groups is 2. The maximum Gasteiger partial charge on any atom is 0.274 e. The van der Waals surface area contributed by atoms with Crippen LogP contribution in [0.2, 0.25) is 5.15 Å². The van der Waals surface area contributed by atoms with Crippen LogP contribution >= 0.6 is 11.6 Å². The summed E-state index contributed by atoms with van der Waals surface area (Å²) in [5, 5.41) is 21.5. The Morgan fingerprint density at radius 2 is 1.21 bits per heavy atom. The van der Waals surface area contributed by atoms with Gasteiger partial charge in [0.25, 0.3) is 17.7 Å². The monoisotopic (exact) mass is 879 g/mol. The molecule has 3 aromatic rings. The lowest BCUT2D eigenvalue weighted by atomic mass is 9.99. The number of nitrogens with one attached hydrogen (secondary N) is 1. The molecule has 0 unspecified atom stereocenters. The normalized spacial score (nSPS) is 18.3. The van der Waals surface area contributed by atoms with E-state index in [-0.39, 0.29) is 66.8 Å². The summed E-state index contributed by atoms with van der Waals surface area (Å²) in [6, 6.07) is 15.8. The van der Waals surface area contributed by atoms with Crippen molar-refractivity contribution in [2.24, 2.45) is 0 Å². The number of aliphatic hydroxyl groups excluding tert-OH is 2. The van der Waals surface area contributed by atoms with Crippen molar-refractivity contribution in [1.29, 1.82) is 0 Å². The Balaban J connectivity index is 1.01. The molecule has 62 heavy (non-hydrogen) atoms. The number of benzene rings is 2. The van der Waals surface area contributed by atoms with Crippen molar-refractivity contribution in [3.63, 3.8) is 0 Å². The number of carbonyl (C=O) groups is 3. The van der Waals surface area contributed by atoms with Gasteiger partial charge in [0, 0.05) is 78.3 Å². The van der Waals surface area contributed by atoms with E-state index in [2.05, 4.69) is 49.4 Å². The summed E-state index contributed by atoms with van der Waals surface area (Å²) in [7, 11) is 0. The number of anilines is 2. The first-order valence-electron chi connectivity index (χ1n) is 21.9. The number of likely N-dealkylation sites (tertiary alicyclic amines) is 1. The van der Waals surface area contributed by atoms with Gasteiger partial charge in [-0.15, -0.1) is 0 Å². The van der Waals surface area contributed by atoms with Gasteiger partial charge in [0.05, 0.1) is 45.4 Å². The number of nitrogens with two attached hydrogens (primary N) is 2. The van der Waals surface area contributed by atoms with Gasteiger partial charge in [-0.05, 0) is 61.1 Å². The number of aromatic nitrogens is 2. The van der Waals surface area contributed by atoms with Crippen molar-refractivity contribution >= 4 is 41.0 Å². The summed E-state index contributed by atoms with van der Waals surface area (Å²) >= 11 is 6.09. The maximum atomic E-state index is 13.4. The molecule has 3 aliphatic heterocycles. The number of hydrogen-bond acceptors (Lipinski definition) is 13. The molecule has 1 atom stereocenters. The minimum Gasteiger partial charge on any atom is -0.484 e. The molecule has 3 saturated heterocycles. The molecule has 6 rings (SSSR count). The van der Waals surface area contributed by atoms with Gasteiger partial charge in [-0.1, -0.05) is 35.9 Å². The number of nitrogens with zero attached hydrogens (tertiary/aromatic N) is 7. The van der Waals surface area contributed by atoms with E-state index in [1.54, 1.807) is 0 Å². The third kappa shape index (κ3) is 13.6. The zero-order valence-corrected chi connectivity index (χ0v) is 36.5. The van der Waals surface area contributed by atoms with Crippen LogP contribution in [0.3, 0.4) is 0 Å². The average molecular weight is 881 g/mol. The van der Waals surface area contributed by atoms with Crippen LogP contribution in [0.5, 0.6) is 11.5 Å². The second-order valence-electron chi connectivity index (χ2n) is 16.6. The first-order chi connectivity index (χ1) is 30.0. The fourth-order valence-corrected chi connectivity index (χ4v) is 8.89. The molecule has 0 aliphatic carbocycles. The Hall–Kier alpha value is -4.78. The van der Waals surface area contributed by atoms with E-state index in [1.165, 1.54) is 11.1 Å². The molecule has 3 amide bonds. The molecule has 0 spiro atoms. The molecule has 1 aromatic heterocycles. The van der Waals surface area contributed by atoms with E-state index in [4.69, 9.17) is 32.5 Å². The zero-order valence-electron chi connectivity index (χ0n) is 35.8. The van der Waals surface area contributed by atoms with Gasteiger partial charge in [-0.3, -0.25) is 24.2 Å². The molecule has 3 aliphatic rings. The standard InChI is InChI=1S/C44H63ClN10O7/c45-41-43(47)50-42(46)40(49-41)44(60)48-35-6-3-27-55(30-35,25-1-4-33-7-11-36(12-8-33)61-31-38(58)53-19-15-51(16-20-53)23-28-56)26-2-5-34-9-13-37(14-10-34)62-32-39(59)54-21-17-52(18-22-54)24-29-57/h7-14,35,56-57H,1-6,15-32H2,(H4-,46,47,48,50,60)/p+1/t35-/m0/s1. The number of amides is 3. The number of rotatable bonds is 20. The van der Waals surface area contributed by atoms with Crippen molar-refractivity contribution < 1.29 is 38.6 Å². The first-order valence-corrected chi connectivity index (χ1v) is 22.3. The van der Waals surface area contributed by atoms with Gasteiger partial charge in [0.15, 0.2) is 35.7 Å². The Morgan fingerprint density at radius 3 is 1.68 bits per heavy atom. The van der Waals surface area contributed by atoms with E-state index in [0.717, 1.165) is 95.4 Å². The molecule has 338 valence electrons. The molecule has 18 heteroatoms. The number of carbonyl (C=O) groups excluding carboxylic acids is 3. The second-order valence-corrected chi connectivity index (χ2v) is 17.0. The highest BCUT2D eigenvalue weighted by Crippen LogP contribution is 2.25. The third-order valence-electron chi connectivity index (χ3n) is 12.3. The van der Waals surface area contributed by atoms with Gasteiger partial charge in [0.1, 0.15) is 11.5 Å². The van der Waals surface area contributed by atoms with Crippen LogP contribution in [0.1, 0.15) is 47.3 Å². The van der Waals surface area contributed by atoms with Crippen LogP contribution in [0.25, 0.3) is 0 Å². The maximum absolute atomic E-state index is 13.4. The number of halogens is 1. The highest BCUT2D eigenvalue weighted by molar-refractivity contribution is 6.31. The Morgan fingerprint density at radius 1 is 0.726 bits per heavy atom. The molecular weight excluding hydrogens is 816 g/mol. The smallest absolute Gasteiger partial charge is 0.274 e. The van der Waals surface area contributed by atoms with Gasteiger partial charge in [-0.25, -0.2) is 9.97 Å². The number of aryl methyl sites for hydroxylation is 2. The van der Waals surface area contributed by atoms with E-state index in [1.807, 2.05) is 34.1 Å². The van der Waals surface area contributed by atoms with Crippen LogP contribution in [-0.4, -0.2) is 186 Å². The Kier molecular flexibility index (Phi) is 17.4. The van der Waals surface area contributed by atoms with Crippen molar-refractivity contribution in [3.05, 3.63) is 70.5 Å². The molecule has 0 bridgehead atoms. The van der Waals surface area contributed by atoms with Gasteiger partial charge >= 0.3 is 0 Å². The highest BCUT2D eigenvalue weighted by atomic mass is 35.5. The number of piperazine rings is 2. The fraction of sp³-hybridized carbons (Fsp3) is 0.568. The average Bonchev–Trinajstić information content (AvgIpc) is 3.27. The number of quaternary nitrogens is 1. The van der Waals surface area contributed by atoms with Crippen molar-refractivity contribution in [1.82, 2.24) is 34.9 Å². The minimum atomic E-state index is -0.420. The molecule has 7 N–H and O–H groups in total. The van der Waals surface area contributed by atoms with E-state index in [0.29, 0.717) is 50.8 Å². The molecule has 0 saturated carbocycles. The predicted molar refractivity (Wildman–Crippen MR) is 237 cm³/mol. The molecule has 0 radical (unpaired) electrons. The topological polar surface area (TPSA) is 213 Å². The number of piperidine rings is 1. The largest absolute Gasteiger partial charge is 0.484 e. The van der Waals surface area contributed by atoms with Crippen LogP contribution in [0.4, 0.5) is 11.6 Å². The predicted octanol–water partition coefficient (Wildman–Crippen LogP) is 1.30. The molecule has 17 nitrogen and oxygen atoms in total. The van der Waals surface area contributed by atoms with Crippen LogP contribution in [-0.2, 0) is 22.4 Å². The summed E-state index contributed by atoms with van der Waals surface area (Å²) in [4.78, 5) is 54.9. The van der Waals surface area contributed by atoms with Gasteiger partial charge in [-0.2, -0.15) is 0 Å². The van der Waals surface area contributed by atoms with Crippen molar-refractivity contribution in [2.45, 2.75) is 44.6 Å². The first kappa shape index (κ1) is 46.7. The Labute approximate surface area is 369 Å². The summed E-state index contributed by atoms with van der Waals surface area (Å²) < 4.78 is 12.6. The lowest BCUT2D eigenvalue weighted by molar-refractivity contribution is -0.933. The lowest BCUT2D eigenvalue weighted by Crippen LogP contribution is -2.60. The Bertz CT molecular complexity index is 1820. The van der Waals surface area contributed by atoms with Crippen molar-refractivity contribution in [3.8, 4) is 11.5 Å². The van der Waals surface area contributed by atoms with Gasteiger partial charge in [0.2, 0.25) is 0 Å². The minimum absolute atomic E-state index is 0.00766. The third-order valence-corrected chi connectivity index (χ3v) is 12.6. The van der Waals surface area contributed by atoms with Crippen LogP contribution in [0.15, 0.2) is 48.5 Å².